The monoisotopic (exact) mass is 763 g/mol. The summed E-state index contributed by atoms with van der Waals surface area (Å²) in [6.45, 7) is 2.00. The Bertz CT molecular complexity index is 2330. The number of ether oxygens (including phenoxy) is 1. The third-order valence-electron chi connectivity index (χ3n) is 7.95. The Morgan fingerprint density at radius 3 is 2.20 bits per heavy atom. The van der Waals surface area contributed by atoms with Crippen molar-refractivity contribution in [1.82, 2.24) is 14.5 Å². The molecule has 0 radical (unpaired) electrons. The summed E-state index contributed by atoms with van der Waals surface area (Å²) in [6, 6.07) is 48.1. The number of phenolic OH excluding ortho intramolecular Hbond substituents is 1. The van der Waals surface area contributed by atoms with Gasteiger partial charge in [-0.2, -0.15) is 6.07 Å². The second-order valence-electron chi connectivity index (χ2n) is 10.8. The number of aromatic nitrogens is 3. The van der Waals surface area contributed by atoms with Gasteiger partial charge in [0.05, 0.1) is 0 Å². The molecular formula is C39H26N3O2Pt-. The van der Waals surface area contributed by atoms with E-state index in [0.29, 0.717) is 17.1 Å². The Labute approximate surface area is 274 Å². The van der Waals surface area contributed by atoms with E-state index in [9.17, 15) is 5.11 Å². The molecule has 45 heavy (non-hydrogen) atoms. The second kappa shape index (κ2) is 11.7. The van der Waals surface area contributed by atoms with Crippen LogP contribution in [0.25, 0.3) is 60.8 Å². The van der Waals surface area contributed by atoms with E-state index in [1.807, 2.05) is 67.6 Å². The predicted molar refractivity (Wildman–Crippen MR) is 177 cm³/mol. The molecule has 0 aliphatic rings. The smallest absolute Gasteiger partial charge is 0.217 e. The van der Waals surface area contributed by atoms with Crippen molar-refractivity contribution in [3.63, 3.8) is 0 Å². The molecule has 0 bridgehead atoms. The third kappa shape index (κ3) is 5.16. The van der Waals surface area contributed by atoms with E-state index in [4.69, 9.17) is 9.72 Å². The number of pyridine rings is 2. The minimum absolute atomic E-state index is 0. The zero-order valence-corrected chi connectivity index (χ0v) is 26.5. The molecular weight excluding hydrogens is 738 g/mol. The Hall–Kier alpha value is -5.25. The van der Waals surface area contributed by atoms with Crippen molar-refractivity contribution in [2.45, 2.75) is 6.92 Å². The number of nitrogens with zero attached hydrogens (tertiary/aromatic N) is 3. The number of para-hydroxylation sites is 1. The average Bonchev–Trinajstić information content (AvgIpc) is 3.38. The Morgan fingerprint density at radius 2 is 1.42 bits per heavy atom. The first-order valence-electron chi connectivity index (χ1n) is 14.5. The van der Waals surface area contributed by atoms with Gasteiger partial charge in [-0.25, -0.2) is 9.97 Å². The molecule has 0 fully saturated rings. The standard InChI is InChI=1S/C39H26N3O2.Pt/c1-25-10-8-17-37(40-25)42-33-20-18-29(26-11-4-2-5-12-26)22-31(33)32-23-30(27-13-6-3-7-14-27)36(24-34(32)42)44-38-21-19-28-15-9-16-35(43)39(28)41-38;/h2-23,43H,1H3;/q-1;. The molecule has 0 saturated heterocycles. The maximum Gasteiger partial charge on any atom is 0.217 e. The van der Waals surface area contributed by atoms with Crippen LogP contribution in [0.15, 0.2) is 133 Å². The molecule has 3 heterocycles. The fourth-order valence-electron chi connectivity index (χ4n) is 5.86. The number of hydrogen-bond acceptors (Lipinski definition) is 4. The summed E-state index contributed by atoms with van der Waals surface area (Å²) in [6.07, 6.45) is 0. The second-order valence-corrected chi connectivity index (χ2v) is 10.8. The fourth-order valence-corrected chi connectivity index (χ4v) is 5.86. The molecule has 8 rings (SSSR count). The van der Waals surface area contributed by atoms with Gasteiger partial charge in [-0.3, -0.25) is 0 Å². The molecule has 0 atom stereocenters. The van der Waals surface area contributed by atoms with Gasteiger partial charge < -0.3 is 14.4 Å². The van der Waals surface area contributed by atoms with Crippen LogP contribution in [0.5, 0.6) is 17.4 Å². The van der Waals surface area contributed by atoms with Gasteiger partial charge in [0.25, 0.3) is 0 Å². The van der Waals surface area contributed by atoms with Crippen molar-refractivity contribution in [3.05, 3.63) is 145 Å². The van der Waals surface area contributed by atoms with Crippen LogP contribution in [0.4, 0.5) is 0 Å². The van der Waals surface area contributed by atoms with E-state index < -0.39 is 0 Å². The van der Waals surface area contributed by atoms with Crippen LogP contribution in [-0.4, -0.2) is 19.6 Å². The van der Waals surface area contributed by atoms with Gasteiger partial charge in [-0.1, -0.05) is 108 Å². The SMILES string of the molecule is Cc1cccc(-n2c3[c-]c(Oc4ccc5cccc(O)c5n4)c(-c4ccccc4)cc3c3cc(-c4ccccc4)ccc32)n1.[Pt]. The Balaban J connectivity index is 0.00000325. The molecule has 0 spiro atoms. The van der Waals surface area contributed by atoms with E-state index in [-0.39, 0.29) is 26.8 Å². The van der Waals surface area contributed by atoms with Crippen LogP contribution < -0.4 is 4.74 Å². The van der Waals surface area contributed by atoms with Crippen molar-refractivity contribution < 1.29 is 30.9 Å². The Morgan fingerprint density at radius 1 is 0.667 bits per heavy atom. The Kier molecular flexibility index (Phi) is 7.40. The number of hydrogen-bond donors (Lipinski definition) is 1. The van der Waals surface area contributed by atoms with E-state index in [1.165, 1.54) is 0 Å². The normalized spacial score (nSPS) is 11.1. The van der Waals surface area contributed by atoms with Crippen LogP contribution in [0.1, 0.15) is 5.69 Å². The van der Waals surface area contributed by atoms with E-state index in [0.717, 1.165) is 61.0 Å². The summed E-state index contributed by atoms with van der Waals surface area (Å²) >= 11 is 0. The van der Waals surface area contributed by atoms with Crippen molar-refractivity contribution in [2.75, 3.05) is 0 Å². The maximum absolute atomic E-state index is 10.5. The van der Waals surface area contributed by atoms with Crippen LogP contribution >= 0.6 is 0 Å². The van der Waals surface area contributed by atoms with Gasteiger partial charge in [0.15, 0.2) is 0 Å². The van der Waals surface area contributed by atoms with Gasteiger partial charge >= 0.3 is 0 Å². The molecule has 6 heteroatoms. The first-order valence-corrected chi connectivity index (χ1v) is 14.5. The zero-order valence-electron chi connectivity index (χ0n) is 24.2. The summed E-state index contributed by atoms with van der Waals surface area (Å²) in [5, 5.41) is 13.4. The molecule has 8 aromatic rings. The van der Waals surface area contributed by atoms with Gasteiger partial charge in [-0.05, 0) is 53.8 Å². The number of benzene rings is 5. The molecule has 0 aliphatic carbocycles. The quantitative estimate of drug-likeness (QED) is 0.178. The van der Waals surface area contributed by atoms with Gasteiger partial charge in [0, 0.05) is 49.5 Å². The summed E-state index contributed by atoms with van der Waals surface area (Å²) in [5.74, 6) is 1.82. The number of fused-ring (bicyclic) bond motifs is 4. The molecule has 0 amide bonds. The van der Waals surface area contributed by atoms with Crippen molar-refractivity contribution >= 4 is 32.7 Å². The number of rotatable bonds is 5. The summed E-state index contributed by atoms with van der Waals surface area (Å²) < 4.78 is 8.67. The zero-order chi connectivity index (χ0) is 29.6. The largest absolute Gasteiger partial charge is 0.506 e. The van der Waals surface area contributed by atoms with Crippen molar-refractivity contribution in [1.29, 1.82) is 0 Å². The number of aromatic hydroxyl groups is 1. The minimum atomic E-state index is 0. The summed E-state index contributed by atoms with van der Waals surface area (Å²) in [4.78, 5) is 9.55. The van der Waals surface area contributed by atoms with Crippen LogP contribution in [0, 0.1) is 13.0 Å². The summed E-state index contributed by atoms with van der Waals surface area (Å²) in [5.41, 5.74) is 7.46. The molecule has 5 aromatic carbocycles. The van der Waals surface area contributed by atoms with Crippen molar-refractivity contribution in [2.24, 2.45) is 0 Å². The summed E-state index contributed by atoms with van der Waals surface area (Å²) in [7, 11) is 0. The van der Waals surface area contributed by atoms with E-state index >= 15 is 0 Å². The van der Waals surface area contributed by atoms with Crippen molar-refractivity contribution in [3.8, 4) is 45.5 Å². The molecule has 1 N–H and O–H groups in total. The average molecular weight is 764 g/mol. The molecule has 0 saturated carbocycles. The topological polar surface area (TPSA) is 60.2 Å². The fraction of sp³-hybridized carbons (Fsp3) is 0.0256. The van der Waals surface area contributed by atoms with Crippen LogP contribution in [0.3, 0.4) is 0 Å². The minimum Gasteiger partial charge on any atom is -0.506 e. The number of phenols is 1. The first-order chi connectivity index (χ1) is 21.6. The third-order valence-corrected chi connectivity index (χ3v) is 7.95. The molecule has 220 valence electrons. The molecule has 0 unspecified atom stereocenters. The van der Waals surface area contributed by atoms with E-state index in [2.05, 4.69) is 76.3 Å². The van der Waals surface area contributed by atoms with Gasteiger partial charge in [-0.15, -0.1) is 11.5 Å². The molecule has 3 aromatic heterocycles. The van der Waals surface area contributed by atoms with Crippen LogP contribution in [0.2, 0.25) is 0 Å². The van der Waals surface area contributed by atoms with Gasteiger partial charge in [0.1, 0.15) is 17.1 Å². The van der Waals surface area contributed by atoms with Crippen LogP contribution in [-0.2, 0) is 21.1 Å². The van der Waals surface area contributed by atoms with Gasteiger partial charge in [0.2, 0.25) is 5.88 Å². The molecule has 5 nitrogen and oxygen atoms in total. The predicted octanol–water partition coefficient (Wildman–Crippen LogP) is 9.66. The first kappa shape index (κ1) is 28.5. The van der Waals surface area contributed by atoms with E-state index in [1.54, 1.807) is 12.1 Å². The maximum atomic E-state index is 10.5. The number of aryl methyl sites for hydroxylation is 1. The molecule has 0 aliphatic heterocycles.